The topological polar surface area (TPSA) is 81.2 Å². The van der Waals surface area contributed by atoms with Crippen LogP contribution in [0, 0.1) is 11.8 Å². The first-order valence-electron chi connectivity index (χ1n) is 13.6. The Hall–Kier alpha value is -2.58. The van der Waals surface area contributed by atoms with Gasteiger partial charge in [-0.05, 0) is 25.0 Å². The first-order chi connectivity index (χ1) is 18.0. The fraction of sp³-hybridized carbons (Fsp3) is 0.552. The number of thioether (sulfide) groups is 1. The summed E-state index contributed by atoms with van der Waals surface area (Å²) in [6, 6.07) is 8.37. The molecule has 7 nitrogen and oxygen atoms in total. The SMILES string of the molecule is CCCCCN1CC=C[C@]23S[C@@H]4C=CCN(c5ccccc5)C(=O)[C@@H]4[C@H]2C(=O)N([C@@H](CC)CO)C3C1=O. The molecule has 3 amide bonds. The number of rotatable bonds is 8. The number of benzene rings is 1. The molecule has 1 aromatic carbocycles. The third kappa shape index (κ3) is 4.22. The molecule has 0 aromatic heterocycles. The zero-order chi connectivity index (χ0) is 26.2. The summed E-state index contributed by atoms with van der Waals surface area (Å²) in [5.74, 6) is -1.57. The lowest BCUT2D eigenvalue weighted by Gasteiger charge is -2.38. The third-order valence-electron chi connectivity index (χ3n) is 8.35. The first-order valence-corrected chi connectivity index (χ1v) is 14.5. The normalized spacial score (nSPS) is 31.8. The monoisotopic (exact) mass is 523 g/mol. The maximum absolute atomic E-state index is 14.3. The van der Waals surface area contributed by atoms with E-state index in [4.69, 9.17) is 0 Å². The molecule has 1 aromatic rings. The molecule has 5 rings (SSSR count). The summed E-state index contributed by atoms with van der Waals surface area (Å²) in [6.07, 6.45) is 11.7. The number of fused-ring (bicyclic) bond motifs is 2. The van der Waals surface area contributed by atoms with Gasteiger partial charge in [-0.1, -0.05) is 69.2 Å². The molecule has 1 N–H and O–H groups in total. The summed E-state index contributed by atoms with van der Waals surface area (Å²) in [5.41, 5.74) is 0.805. The summed E-state index contributed by atoms with van der Waals surface area (Å²) in [5, 5.41) is 10.0. The molecule has 0 bridgehead atoms. The van der Waals surface area contributed by atoms with Crippen molar-refractivity contribution in [1.82, 2.24) is 9.80 Å². The maximum Gasteiger partial charge on any atom is 0.247 e. The molecule has 198 valence electrons. The summed E-state index contributed by atoms with van der Waals surface area (Å²) < 4.78 is -0.842. The van der Waals surface area contributed by atoms with Crippen LogP contribution >= 0.6 is 11.8 Å². The Kier molecular flexibility index (Phi) is 7.50. The van der Waals surface area contributed by atoms with Gasteiger partial charge in [-0.3, -0.25) is 14.4 Å². The van der Waals surface area contributed by atoms with Crippen molar-refractivity contribution in [3.63, 3.8) is 0 Å². The van der Waals surface area contributed by atoms with E-state index in [1.165, 1.54) is 0 Å². The maximum atomic E-state index is 14.3. The number of nitrogens with zero attached hydrogens (tertiary/aromatic N) is 3. The van der Waals surface area contributed by atoms with Gasteiger partial charge in [0.1, 0.15) is 6.04 Å². The smallest absolute Gasteiger partial charge is 0.247 e. The van der Waals surface area contributed by atoms with Crippen molar-refractivity contribution in [1.29, 1.82) is 0 Å². The predicted molar refractivity (Wildman–Crippen MR) is 146 cm³/mol. The Bertz CT molecular complexity index is 1090. The van der Waals surface area contributed by atoms with E-state index in [9.17, 15) is 19.5 Å². The highest BCUT2D eigenvalue weighted by atomic mass is 32.2. The van der Waals surface area contributed by atoms with Crippen molar-refractivity contribution in [3.8, 4) is 0 Å². The number of likely N-dealkylation sites (tertiary alicyclic amines) is 1. The lowest BCUT2D eigenvalue weighted by Crippen LogP contribution is -2.56. The quantitative estimate of drug-likeness (QED) is 0.418. The molecule has 4 aliphatic rings. The van der Waals surface area contributed by atoms with Crippen molar-refractivity contribution in [3.05, 3.63) is 54.6 Å². The minimum Gasteiger partial charge on any atom is -0.394 e. The highest BCUT2D eigenvalue weighted by molar-refractivity contribution is 8.02. The van der Waals surface area contributed by atoms with Gasteiger partial charge < -0.3 is 19.8 Å². The van der Waals surface area contributed by atoms with Gasteiger partial charge in [0.25, 0.3) is 0 Å². The fourth-order valence-electron chi connectivity index (χ4n) is 6.52. The Labute approximate surface area is 223 Å². The van der Waals surface area contributed by atoms with Crippen LogP contribution in [0.1, 0.15) is 39.5 Å². The van der Waals surface area contributed by atoms with E-state index in [-0.39, 0.29) is 29.6 Å². The molecule has 4 heterocycles. The number of anilines is 1. The number of unbranched alkanes of at least 4 members (excludes halogenated alkanes) is 2. The summed E-state index contributed by atoms with van der Waals surface area (Å²) in [7, 11) is 0. The van der Waals surface area contributed by atoms with Crippen molar-refractivity contribution >= 4 is 35.2 Å². The van der Waals surface area contributed by atoms with Crippen molar-refractivity contribution in [2.45, 2.75) is 61.6 Å². The van der Waals surface area contributed by atoms with Crippen LogP contribution in [0.2, 0.25) is 0 Å². The molecular formula is C29H37N3O4S. The zero-order valence-electron chi connectivity index (χ0n) is 21.7. The zero-order valence-corrected chi connectivity index (χ0v) is 22.5. The molecule has 2 fully saturated rings. The van der Waals surface area contributed by atoms with Gasteiger partial charge in [0.15, 0.2) is 0 Å². The fourth-order valence-corrected chi connectivity index (χ4v) is 8.52. The number of aliphatic hydroxyl groups excluding tert-OH is 1. The van der Waals surface area contributed by atoms with Gasteiger partial charge in [0.05, 0.1) is 29.2 Å². The molecule has 0 saturated carbocycles. The van der Waals surface area contributed by atoms with Gasteiger partial charge in [0.2, 0.25) is 17.7 Å². The Morgan fingerprint density at radius 1 is 1.03 bits per heavy atom. The average Bonchev–Trinajstić information content (AvgIpc) is 3.23. The van der Waals surface area contributed by atoms with Crippen LogP contribution < -0.4 is 4.90 Å². The lowest BCUT2D eigenvalue weighted by molar-refractivity contribution is -0.145. The summed E-state index contributed by atoms with van der Waals surface area (Å²) >= 11 is 1.59. The molecule has 0 aliphatic carbocycles. The molecule has 6 atom stereocenters. The van der Waals surface area contributed by atoms with Crippen LogP contribution in [0.5, 0.6) is 0 Å². The van der Waals surface area contributed by atoms with Crippen molar-refractivity contribution in [2.24, 2.45) is 11.8 Å². The second-order valence-corrected chi connectivity index (χ2v) is 11.9. The molecular weight excluding hydrogens is 486 g/mol. The number of hydrogen-bond donors (Lipinski definition) is 1. The van der Waals surface area contributed by atoms with Crippen LogP contribution in [0.15, 0.2) is 54.6 Å². The van der Waals surface area contributed by atoms with Gasteiger partial charge in [0, 0.05) is 30.6 Å². The van der Waals surface area contributed by atoms with Gasteiger partial charge in [-0.25, -0.2) is 0 Å². The summed E-state index contributed by atoms with van der Waals surface area (Å²) in [4.78, 5) is 47.9. The van der Waals surface area contributed by atoms with Gasteiger partial charge >= 0.3 is 0 Å². The highest BCUT2D eigenvalue weighted by Crippen LogP contribution is 2.61. The minimum atomic E-state index is -0.842. The molecule has 8 heteroatoms. The lowest BCUT2D eigenvalue weighted by atomic mass is 9.78. The number of amides is 3. The van der Waals surface area contributed by atoms with Crippen LogP contribution in [-0.4, -0.2) is 80.9 Å². The largest absolute Gasteiger partial charge is 0.394 e. The third-order valence-corrected chi connectivity index (χ3v) is 10.1. The Balaban J connectivity index is 1.57. The van der Waals surface area contributed by atoms with Crippen molar-refractivity contribution < 1.29 is 19.5 Å². The van der Waals surface area contributed by atoms with Crippen LogP contribution in [0.25, 0.3) is 0 Å². The van der Waals surface area contributed by atoms with E-state index in [2.05, 4.69) is 19.1 Å². The highest BCUT2D eigenvalue weighted by Gasteiger charge is 2.71. The van der Waals surface area contributed by atoms with E-state index in [0.29, 0.717) is 26.1 Å². The number of aliphatic hydroxyl groups is 1. The second kappa shape index (κ2) is 10.7. The predicted octanol–water partition coefficient (Wildman–Crippen LogP) is 3.25. The van der Waals surface area contributed by atoms with Gasteiger partial charge in [-0.15, -0.1) is 11.8 Å². The van der Waals surface area contributed by atoms with Crippen molar-refractivity contribution in [2.75, 3.05) is 31.1 Å². The standard InChI is InChI=1S/C29H37N3O4S/c1-3-5-9-16-30-17-11-15-29-24(27(35)32(20(4-2)19-33)25(29)28(30)36)23-22(37-29)14-10-18-31(26(23)34)21-12-7-6-8-13-21/h6-8,10-15,20,22-25,33H,3-5,9,16-19H2,1-2H3/t20-,22+,23-,24-,25?,29-/m0/s1. The Morgan fingerprint density at radius 2 is 1.81 bits per heavy atom. The number of para-hydroxylation sites is 1. The van der Waals surface area contributed by atoms with E-state index < -0.39 is 28.7 Å². The first kappa shape index (κ1) is 26.0. The molecule has 1 unspecified atom stereocenters. The number of carbonyl (C=O) groups is 3. The minimum absolute atomic E-state index is 0.0656. The number of carbonyl (C=O) groups excluding carboxylic acids is 3. The van der Waals surface area contributed by atoms with E-state index in [1.54, 1.807) is 21.6 Å². The van der Waals surface area contributed by atoms with E-state index >= 15 is 0 Å². The second-order valence-electron chi connectivity index (χ2n) is 10.4. The molecule has 1 spiro atoms. The van der Waals surface area contributed by atoms with E-state index in [1.807, 2.05) is 54.3 Å². The van der Waals surface area contributed by atoms with Gasteiger partial charge in [-0.2, -0.15) is 0 Å². The Morgan fingerprint density at radius 3 is 2.51 bits per heavy atom. The molecule has 0 radical (unpaired) electrons. The van der Waals surface area contributed by atoms with E-state index in [0.717, 1.165) is 24.9 Å². The molecule has 37 heavy (non-hydrogen) atoms. The average molecular weight is 524 g/mol. The van der Waals surface area contributed by atoms with Crippen LogP contribution in [0.4, 0.5) is 5.69 Å². The molecule has 2 saturated heterocycles. The van der Waals surface area contributed by atoms with Crippen LogP contribution in [-0.2, 0) is 14.4 Å². The van der Waals surface area contributed by atoms with Crippen LogP contribution in [0.3, 0.4) is 0 Å². The number of hydrogen-bond acceptors (Lipinski definition) is 5. The molecule has 4 aliphatic heterocycles. The summed E-state index contributed by atoms with van der Waals surface area (Å²) in [6.45, 7) is 5.45.